The molecule has 0 aliphatic carbocycles. The number of halogens is 1. The van der Waals surface area contributed by atoms with Crippen molar-refractivity contribution >= 4 is 11.6 Å². The molecule has 0 bridgehead atoms. The molecule has 19 heavy (non-hydrogen) atoms. The highest BCUT2D eigenvalue weighted by Crippen LogP contribution is 2.17. The molecule has 0 aromatic rings. The Kier molecular flexibility index (Phi) is 7.28. The van der Waals surface area contributed by atoms with E-state index in [1.165, 1.54) is 0 Å². The van der Waals surface area contributed by atoms with E-state index in [4.69, 9.17) is 16.3 Å². The Bertz CT molecular complexity index is 263. The quantitative estimate of drug-likeness (QED) is 0.393. The van der Waals surface area contributed by atoms with Gasteiger partial charge in [0.15, 0.2) is 0 Å². The van der Waals surface area contributed by atoms with E-state index < -0.39 is 6.10 Å². The molecule has 4 nitrogen and oxygen atoms in total. The molecule has 0 aliphatic rings. The Morgan fingerprint density at radius 3 is 2.11 bits per heavy atom. The summed E-state index contributed by atoms with van der Waals surface area (Å²) < 4.78 is 7.42. The highest BCUT2D eigenvalue weighted by atomic mass is 35.5. The molecule has 1 unspecified atom stereocenters. The van der Waals surface area contributed by atoms with Gasteiger partial charge in [-0.1, -0.05) is 0 Å². The van der Waals surface area contributed by atoms with E-state index in [2.05, 4.69) is 49.1 Å². The Morgan fingerprint density at radius 1 is 1.16 bits per heavy atom. The van der Waals surface area contributed by atoms with Crippen LogP contribution in [0.1, 0.15) is 13.8 Å². The van der Waals surface area contributed by atoms with Crippen LogP contribution in [-0.4, -0.2) is 93.1 Å². The third-order valence-electron chi connectivity index (χ3n) is 4.00. The number of likely N-dealkylation sites (N-methyl/N-ethyl adjacent to an activating group) is 2. The van der Waals surface area contributed by atoms with Crippen molar-refractivity contribution in [3.63, 3.8) is 0 Å². The number of ether oxygens (including phenoxy) is 1. The lowest BCUT2D eigenvalue weighted by Crippen LogP contribution is -2.56. The Hall–Kier alpha value is 0.130. The molecule has 0 rings (SSSR count). The van der Waals surface area contributed by atoms with Crippen molar-refractivity contribution < 1.29 is 18.8 Å². The summed E-state index contributed by atoms with van der Waals surface area (Å²) in [5.41, 5.74) is 0.0901. The third-order valence-corrected chi connectivity index (χ3v) is 4.35. The van der Waals surface area contributed by atoms with Gasteiger partial charge in [-0.05, 0) is 13.8 Å². The molecule has 0 fully saturated rings. The van der Waals surface area contributed by atoms with Crippen LogP contribution in [0.2, 0.25) is 0 Å². The lowest BCUT2D eigenvalue weighted by atomic mass is 10.0. The summed E-state index contributed by atoms with van der Waals surface area (Å²) in [6.45, 7) is 7.39. The highest BCUT2D eigenvalue weighted by molar-refractivity contribution is 6.18. The Morgan fingerprint density at radius 2 is 1.68 bits per heavy atom. The van der Waals surface area contributed by atoms with Gasteiger partial charge in [-0.3, -0.25) is 0 Å². The van der Waals surface area contributed by atoms with Crippen LogP contribution in [0, 0.1) is 0 Å². The maximum Gasteiger partial charge on any atom is 0.116 e. The van der Waals surface area contributed by atoms with Crippen LogP contribution in [0.3, 0.4) is 0 Å². The predicted octanol–water partition coefficient (Wildman–Crippen LogP) is 1.16. The van der Waals surface area contributed by atoms with E-state index >= 15 is 0 Å². The molecular weight excluding hydrogens is 264 g/mol. The fourth-order valence-electron chi connectivity index (χ4n) is 1.54. The van der Waals surface area contributed by atoms with Crippen LogP contribution >= 0.6 is 11.6 Å². The molecular formula is C14H33ClN2O2+2. The fraction of sp³-hybridized carbons (Fsp3) is 1.00. The summed E-state index contributed by atoms with van der Waals surface area (Å²) in [6.07, 6.45) is -0.445. The van der Waals surface area contributed by atoms with E-state index in [0.29, 0.717) is 13.2 Å². The Balaban J connectivity index is 4.04. The molecule has 1 N–H and O–H groups in total. The van der Waals surface area contributed by atoms with Gasteiger partial charge >= 0.3 is 0 Å². The number of nitrogens with zero attached hydrogens (tertiary/aromatic N) is 2. The van der Waals surface area contributed by atoms with Gasteiger partial charge in [-0.15, -0.1) is 11.6 Å². The van der Waals surface area contributed by atoms with Crippen molar-refractivity contribution in [1.82, 2.24) is 0 Å². The van der Waals surface area contributed by atoms with Crippen LogP contribution in [0.4, 0.5) is 0 Å². The number of alkyl halides is 1. The number of hydrogen-bond acceptors (Lipinski definition) is 2. The van der Waals surface area contributed by atoms with Crippen LogP contribution in [0.5, 0.6) is 0 Å². The molecule has 0 aliphatic heterocycles. The number of hydrogen-bond donors (Lipinski definition) is 1. The fourth-order valence-corrected chi connectivity index (χ4v) is 1.64. The maximum absolute atomic E-state index is 9.60. The maximum atomic E-state index is 9.60. The molecule has 0 radical (unpaired) electrons. The minimum absolute atomic E-state index is 0.0901. The topological polar surface area (TPSA) is 29.5 Å². The van der Waals surface area contributed by atoms with Gasteiger partial charge in [0.05, 0.1) is 47.7 Å². The van der Waals surface area contributed by atoms with Gasteiger partial charge in [-0.25, -0.2) is 0 Å². The van der Waals surface area contributed by atoms with E-state index in [9.17, 15) is 5.11 Å². The van der Waals surface area contributed by atoms with E-state index in [1.807, 2.05) is 0 Å². The van der Waals surface area contributed by atoms with Crippen molar-refractivity contribution in [2.24, 2.45) is 0 Å². The van der Waals surface area contributed by atoms with Crippen molar-refractivity contribution in [3.8, 4) is 0 Å². The first-order chi connectivity index (χ1) is 8.41. The summed E-state index contributed by atoms with van der Waals surface area (Å²) >= 11 is 5.64. The van der Waals surface area contributed by atoms with Crippen LogP contribution < -0.4 is 0 Å². The van der Waals surface area contributed by atoms with Gasteiger partial charge < -0.3 is 18.8 Å². The minimum atomic E-state index is -0.445. The number of aliphatic hydroxyl groups is 1. The van der Waals surface area contributed by atoms with Crippen LogP contribution in [0.15, 0.2) is 0 Å². The molecule has 0 heterocycles. The molecule has 0 saturated carbocycles. The van der Waals surface area contributed by atoms with E-state index in [1.54, 1.807) is 0 Å². The second-order valence-electron chi connectivity index (χ2n) is 7.53. The molecule has 0 aromatic heterocycles. The number of aliphatic hydroxyl groups excluding tert-OH is 1. The third kappa shape index (κ3) is 7.47. The van der Waals surface area contributed by atoms with E-state index in [-0.39, 0.29) is 11.4 Å². The van der Waals surface area contributed by atoms with Gasteiger partial charge in [0.1, 0.15) is 31.3 Å². The molecule has 0 saturated heterocycles. The van der Waals surface area contributed by atoms with Crippen molar-refractivity contribution in [3.05, 3.63) is 0 Å². The monoisotopic (exact) mass is 296 g/mol. The smallest absolute Gasteiger partial charge is 0.116 e. The lowest BCUT2D eigenvalue weighted by Gasteiger charge is -2.41. The number of rotatable bonds is 9. The zero-order valence-corrected chi connectivity index (χ0v) is 14.5. The second kappa shape index (κ2) is 7.23. The molecule has 0 spiro atoms. The van der Waals surface area contributed by atoms with Gasteiger partial charge in [0, 0.05) is 0 Å². The zero-order valence-electron chi connectivity index (χ0n) is 13.7. The van der Waals surface area contributed by atoms with Gasteiger partial charge in [0.2, 0.25) is 0 Å². The molecule has 0 aromatic carbocycles. The molecule has 5 heteroatoms. The predicted molar refractivity (Wildman–Crippen MR) is 81.5 cm³/mol. The summed E-state index contributed by atoms with van der Waals surface area (Å²) in [6, 6.07) is 0. The normalized spacial score (nSPS) is 15.6. The first kappa shape index (κ1) is 19.1. The van der Waals surface area contributed by atoms with Crippen LogP contribution in [-0.2, 0) is 4.74 Å². The summed E-state index contributed by atoms with van der Waals surface area (Å²) in [7, 11) is 10.7. The first-order valence-electron chi connectivity index (χ1n) is 6.86. The van der Waals surface area contributed by atoms with Gasteiger partial charge in [0.25, 0.3) is 0 Å². The molecule has 116 valence electrons. The van der Waals surface area contributed by atoms with Crippen molar-refractivity contribution in [2.45, 2.75) is 25.5 Å². The highest BCUT2D eigenvalue weighted by Gasteiger charge is 2.33. The average Bonchev–Trinajstić information content (AvgIpc) is 2.22. The van der Waals surface area contributed by atoms with E-state index in [0.717, 1.165) is 22.1 Å². The number of quaternary nitrogens is 2. The van der Waals surface area contributed by atoms with Crippen molar-refractivity contribution in [1.29, 1.82) is 0 Å². The zero-order chi connectivity index (χ0) is 15.3. The standard InChI is InChI=1S/C14H33ClN2O2/c1-14(2,16(3,4)5)12-19-9-8-17(6,7)11-13(18)10-15/h13,18H,8-12H2,1-7H3/q+2. The largest absolute Gasteiger partial charge is 0.386 e. The molecule has 0 amide bonds. The summed E-state index contributed by atoms with van der Waals surface area (Å²) in [5, 5.41) is 9.60. The first-order valence-corrected chi connectivity index (χ1v) is 7.40. The summed E-state index contributed by atoms with van der Waals surface area (Å²) in [5.74, 6) is 0.289. The summed E-state index contributed by atoms with van der Waals surface area (Å²) in [4.78, 5) is 0. The van der Waals surface area contributed by atoms with Gasteiger partial charge in [-0.2, -0.15) is 0 Å². The average molecular weight is 297 g/mol. The minimum Gasteiger partial charge on any atom is -0.386 e. The van der Waals surface area contributed by atoms with Crippen LogP contribution in [0.25, 0.3) is 0 Å². The molecule has 1 atom stereocenters. The SMILES string of the molecule is CC(C)(COCC[N+](C)(C)CC(O)CCl)[N+](C)(C)C. The Labute approximate surface area is 124 Å². The van der Waals surface area contributed by atoms with Crippen molar-refractivity contribution in [2.75, 3.05) is 67.4 Å². The second-order valence-corrected chi connectivity index (χ2v) is 7.84. The lowest BCUT2D eigenvalue weighted by molar-refractivity contribution is -0.920.